The highest BCUT2D eigenvalue weighted by Gasteiger charge is 2.37. The molecule has 0 amide bonds. The van der Waals surface area contributed by atoms with Gasteiger partial charge in [0.1, 0.15) is 71.5 Å². The molecule has 5 aromatic rings. The molecular formula is C118H180N4O23S2. The van der Waals surface area contributed by atoms with Crippen LogP contribution in [0.3, 0.4) is 0 Å². The molecule has 0 aliphatic carbocycles. The molecule has 8 heterocycles. The Morgan fingerprint density at radius 3 is 1.05 bits per heavy atom. The van der Waals surface area contributed by atoms with Crippen LogP contribution in [-0.4, -0.2) is 190 Å². The van der Waals surface area contributed by atoms with Gasteiger partial charge in [0.15, 0.2) is 24.0 Å². The van der Waals surface area contributed by atoms with Crippen molar-refractivity contribution in [2.45, 2.75) is 390 Å². The first-order chi connectivity index (χ1) is 69.2. The molecule has 822 valence electrons. The fraction of sp³-hybridized carbons (Fsp3) is 0.610. The van der Waals surface area contributed by atoms with Gasteiger partial charge in [0.25, 0.3) is 0 Å². The van der Waals surface area contributed by atoms with Crippen molar-refractivity contribution in [3.05, 3.63) is 192 Å². The first kappa shape index (κ1) is 134. The Labute approximate surface area is 885 Å². The molecule has 27 nitrogen and oxygen atoms in total. The summed E-state index contributed by atoms with van der Waals surface area (Å²) in [4.78, 5) is 119. The number of ether oxygens (including phenoxy) is 6. The quantitative estimate of drug-likeness (QED) is 0.0532. The van der Waals surface area contributed by atoms with Crippen LogP contribution in [0.5, 0.6) is 0 Å². The molecule has 4 aromatic heterocycles. The number of Topliss-reactive ketones (excluding diaryl/α,β-unsaturated/α-hetero) is 4. The van der Waals surface area contributed by atoms with Crippen LogP contribution in [-0.2, 0) is 66.8 Å². The van der Waals surface area contributed by atoms with E-state index in [1.807, 2.05) is 200 Å². The van der Waals surface area contributed by atoms with Crippen LogP contribution in [0.15, 0.2) is 157 Å². The van der Waals surface area contributed by atoms with E-state index < -0.39 is 121 Å². The molecule has 29 heteroatoms. The number of aromatic nitrogens is 4. The highest BCUT2D eigenvalue weighted by molar-refractivity contribution is 7.18. The zero-order valence-electron chi connectivity index (χ0n) is 94.1. The van der Waals surface area contributed by atoms with Crippen molar-refractivity contribution in [3.63, 3.8) is 0 Å². The molecule has 0 radical (unpaired) electrons. The molecule has 24 atom stereocenters. The minimum Gasteiger partial charge on any atom is -0.457 e. The monoisotopic (exact) mass is 2090 g/mol. The maximum Gasteiger partial charge on any atom is 0.309 e. The zero-order chi connectivity index (χ0) is 111. The van der Waals surface area contributed by atoms with Gasteiger partial charge in [0.05, 0.1) is 94.3 Å². The number of cyclic esters (lactones) is 4. The number of fused-ring (bicyclic) bond motifs is 1. The van der Waals surface area contributed by atoms with Crippen LogP contribution in [0.25, 0.3) is 28.4 Å². The molecule has 0 saturated carbocycles. The highest BCUT2D eigenvalue weighted by atomic mass is 32.1. The van der Waals surface area contributed by atoms with Crippen molar-refractivity contribution >= 4 is 98.1 Å². The number of hydrogen-bond acceptors (Lipinski definition) is 29. The molecule has 9 rings (SSSR count). The van der Waals surface area contributed by atoms with E-state index in [0.29, 0.717) is 53.9 Å². The van der Waals surface area contributed by atoms with Crippen molar-refractivity contribution in [2.75, 3.05) is 14.2 Å². The molecule has 0 bridgehead atoms. The number of thiazole rings is 2. The number of rotatable bonds is 9. The number of methoxy groups -OCH3 is 2. The average Bonchev–Trinajstić information content (AvgIpc) is 1.68. The van der Waals surface area contributed by atoms with Gasteiger partial charge in [0.2, 0.25) is 0 Å². The number of carbonyl (C=O) groups excluding carboxylic acids is 8. The molecule has 1 aromatic carbocycles. The van der Waals surface area contributed by atoms with Gasteiger partial charge in [-0.15, -0.1) is 22.7 Å². The van der Waals surface area contributed by atoms with E-state index in [1.54, 1.807) is 66.3 Å². The summed E-state index contributed by atoms with van der Waals surface area (Å²) in [5.41, 5.74) is 9.83. The van der Waals surface area contributed by atoms with Gasteiger partial charge < -0.3 is 73.0 Å². The minimum absolute atomic E-state index is 0.0457. The average molecular weight is 2090 g/mol. The van der Waals surface area contributed by atoms with E-state index in [-0.39, 0.29) is 116 Å². The van der Waals surface area contributed by atoms with E-state index in [4.69, 9.17) is 37.3 Å². The van der Waals surface area contributed by atoms with E-state index in [2.05, 4.69) is 101 Å². The summed E-state index contributed by atoms with van der Waals surface area (Å²) in [7, 11) is 3.11. The van der Waals surface area contributed by atoms with Crippen molar-refractivity contribution < 1.29 is 111 Å². The lowest BCUT2D eigenvalue weighted by Crippen LogP contribution is -2.35. The summed E-state index contributed by atoms with van der Waals surface area (Å²) >= 11 is 3.14. The van der Waals surface area contributed by atoms with Crippen LogP contribution >= 0.6 is 22.7 Å². The lowest BCUT2D eigenvalue weighted by molar-refractivity contribution is -0.155. The minimum atomic E-state index is -1.19. The van der Waals surface area contributed by atoms with E-state index >= 15 is 0 Å². The normalized spacial score (nSPS) is 31.0. The van der Waals surface area contributed by atoms with E-state index in [1.165, 1.54) is 49.5 Å². The van der Waals surface area contributed by atoms with Crippen molar-refractivity contribution in [1.82, 2.24) is 19.9 Å². The summed E-state index contributed by atoms with van der Waals surface area (Å²) in [5.74, 6) is -4.52. The van der Waals surface area contributed by atoms with Gasteiger partial charge in [-0.3, -0.25) is 38.4 Å². The lowest BCUT2D eigenvalue weighted by Gasteiger charge is -2.27. The predicted octanol–water partition coefficient (Wildman–Crippen LogP) is 23.8. The SMILES string of the molecule is CC1=C/[C@H](C)[C@@H](/C(C)=C/c2coc(C)n2)OC(=O)C[C@H](O)CC(=O)[C@H](C)[C@@H](O)[C@@H](C)C\C=C\1.CC1=C/[C@H](C)[C@@H](c2ccc3sc(C)nc3c2)OC(=O)C[C@H](O)CC(=O)[C@H](C)[C@@H](O)[C@@H](C)C\C=C\1.CCC.CCC.CCC.CCC.CO[C@H]1/C=C(C)\C=C\C[C@H](C)[C@H](C)[C@@H](C)C(=O)C[C@@H](O)CC(=O)O[C@@H]1/C(C)=C/c1coc(C)n1.CO[C@H]1/C=C(C)\C=C\C[C@H](C)[C@H](O)[C@@H](C)C(=O)C[C@@H](O)CC(=O)O[C@@H]1/C(C)=C/c1csc(C)n1. The van der Waals surface area contributed by atoms with Crippen molar-refractivity contribution in [1.29, 1.82) is 0 Å². The maximum atomic E-state index is 12.8. The van der Waals surface area contributed by atoms with Crippen LogP contribution in [0, 0.1) is 92.8 Å². The Morgan fingerprint density at radius 2 is 0.707 bits per heavy atom. The second-order valence-corrected chi connectivity index (χ2v) is 42.6. The number of aliphatic hydroxyl groups excluding tert-OH is 7. The number of aryl methyl sites for hydroxylation is 4. The van der Waals surface area contributed by atoms with Crippen LogP contribution in [0.2, 0.25) is 0 Å². The maximum absolute atomic E-state index is 12.8. The topological polar surface area (TPSA) is 411 Å². The third kappa shape index (κ3) is 49.9. The molecule has 0 saturated heterocycles. The van der Waals surface area contributed by atoms with Gasteiger partial charge in [-0.25, -0.2) is 19.9 Å². The number of carbonyl (C=O) groups is 8. The molecule has 0 fully saturated rings. The summed E-state index contributed by atoms with van der Waals surface area (Å²) in [6.45, 7) is 58.5. The number of aliphatic hydroxyl groups is 7. The number of allylic oxidation sites excluding steroid dienone is 12. The smallest absolute Gasteiger partial charge is 0.309 e. The molecule has 147 heavy (non-hydrogen) atoms. The molecule has 4 aliphatic heterocycles. The number of nitrogens with zero attached hydrogens (tertiary/aromatic N) is 4. The number of benzene rings is 1. The summed E-state index contributed by atoms with van der Waals surface area (Å²) < 4.78 is 46.2. The van der Waals surface area contributed by atoms with Crippen LogP contribution in [0.1, 0.15) is 333 Å². The van der Waals surface area contributed by atoms with Gasteiger partial charge in [-0.05, 0) is 182 Å². The standard InChI is InChI=1S/C27H39NO6.C27H35NO5S.C26H37NO6S.C26H37NO6.4C3H8/c1-16-9-8-10-17(2)19(4)20(5)24(30)13-23(29)14-26(31)34-27(25(11-16)32-7)18(3)12-22-15-33-21(6)28-22;1-15-7-6-8-16(2)26(32)18(4)23(30)13-21(29)14-25(31)33-27(17(3)11-15)20-9-10-24-22(12-20)28-19(5)34-24;1-15-8-7-9-16(2)25(31)18(4)22(29)12-21(28)13-24(30)33-26(23(10-15)32-6)17(3)11-20-14-34-19(5)27-20;1-15-8-7-9-16(2)25(31)19(5)23(29)12-22(28)13-24(30)33-26(17(3)10-15)18(4)11-21-14-32-20(6)27-21;4*1-3-2/h8-9,11-12,15,17,19-20,23,25,27,29H,10,13-14H2,1-7H3;6-7,9-12,16-18,21,26-27,29,32H,8,13-14H2,1-5H3;7-8,10-11,14,16,18,21,23,25-26,28,31H,9,12-13H2,1-6H3;7-8,10-11,14,16-17,19,22,25-26,28,31H,9,12-13H2,1-6H3;4*3H2,1-2H3/b9-8+,16-11-,18-12+;7-6+,15-11-;8-7+,15-10-,17-11+;8-7+,15-10-,18-11+;;;;/t17-,19-,20+,23+,25-,27+;16-,17-,18-,21+,26-,27-;16-,18-,21+,23-,25-,26+;16-,17-,19-,22+,25-,26-;;;;/m0000..../s1. The Balaban J connectivity index is 0.000000637. The Morgan fingerprint density at radius 1 is 0.388 bits per heavy atom. The molecular weight excluding hydrogens is 1910 g/mol. The zero-order valence-corrected chi connectivity index (χ0v) is 95.7. The number of ketones is 4. The number of esters is 4. The van der Waals surface area contributed by atoms with Crippen LogP contribution < -0.4 is 0 Å². The van der Waals surface area contributed by atoms with Gasteiger partial charge in [-0.2, -0.15) is 0 Å². The largest absolute Gasteiger partial charge is 0.457 e. The van der Waals surface area contributed by atoms with E-state index in [9.17, 15) is 74.1 Å². The predicted molar refractivity (Wildman–Crippen MR) is 588 cm³/mol. The van der Waals surface area contributed by atoms with Crippen molar-refractivity contribution in [2.24, 2.45) is 65.1 Å². The lowest BCUT2D eigenvalue weighted by atomic mass is 9.79. The summed E-state index contributed by atoms with van der Waals surface area (Å²) in [6.07, 6.45) is 27.3. The summed E-state index contributed by atoms with van der Waals surface area (Å²) in [5, 5.41) is 77.0. The fourth-order valence-electron chi connectivity index (χ4n) is 16.6. The number of hydrogen-bond donors (Lipinski definition) is 7. The third-order valence-corrected chi connectivity index (χ3v) is 26.9. The van der Waals surface area contributed by atoms with Crippen molar-refractivity contribution in [3.8, 4) is 0 Å². The van der Waals surface area contributed by atoms with Gasteiger partial charge in [-0.1, -0.05) is 246 Å². The molecule has 0 unspecified atom stereocenters. The molecule has 7 N–H and O–H groups in total. The Bertz CT molecular complexity index is 5030. The van der Waals surface area contributed by atoms with Gasteiger partial charge >= 0.3 is 23.9 Å². The van der Waals surface area contributed by atoms with Gasteiger partial charge in [0, 0.05) is 94.6 Å². The fourth-order valence-corrected chi connectivity index (χ4v) is 18.0. The first-order valence-corrected chi connectivity index (χ1v) is 54.2. The Hall–Kier alpha value is -9.50. The second kappa shape index (κ2) is 70.5. The highest BCUT2D eigenvalue weighted by Crippen LogP contribution is 2.36. The first-order valence-electron chi connectivity index (χ1n) is 52.5. The Kier molecular flexibility index (Phi) is 64.1. The van der Waals surface area contributed by atoms with E-state index in [0.717, 1.165) is 71.3 Å². The third-order valence-electron chi connectivity index (χ3n) is 25.2. The molecule has 4 aliphatic rings. The second-order valence-electron chi connectivity index (χ2n) is 40.3. The van der Waals surface area contributed by atoms with Crippen LogP contribution in [0.4, 0.5) is 0 Å². The molecule has 0 spiro atoms. The summed E-state index contributed by atoms with van der Waals surface area (Å²) in [6, 6.07) is 5.90. The number of oxazole rings is 2.